The Kier molecular flexibility index (Phi) is 5.00. The fraction of sp³-hybridized carbons (Fsp3) is 0.353. The maximum absolute atomic E-state index is 12.5. The summed E-state index contributed by atoms with van der Waals surface area (Å²) in [6, 6.07) is 5.94. The summed E-state index contributed by atoms with van der Waals surface area (Å²) in [4.78, 5) is 21.8. The van der Waals surface area contributed by atoms with E-state index in [1.165, 1.54) is 0 Å². The van der Waals surface area contributed by atoms with Gasteiger partial charge in [-0.25, -0.2) is 0 Å². The van der Waals surface area contributed by atoms with Crippen LogP contribution in [0.25, 0.3) is 0 Å². The van der Waals surface area contributed by atoms with Crippen LogP contribution in [0.4, 0.5) is 17.5 Å². The van der Waals surface area contributed by atoms with Gasteiger partial charge in [-0.15, -0.1) is 0 Å². The number of hydrogen-bond donors (Lipinski definition) is 3. The summed E-state index contributed by atoms with van der Waals surface area (Å²) in [5.74, 6) is 0.566. The highest BCUT2D eigenvalue weighted by atomic mass is 32.1. The molecule has 1 fully saturated rings. The number of anilines is 3. The topological polar surface area (TPSA) is 96.3 Å². The second-order valence-electron chi connectivity index (χ2n) is 6.02. The summed E-state index contributed by atoms with van der Waals surface area (Å²) in [5.41, 5.74) is 8.90. The van der Waals surface area contributed by atoms with E-state index in [-0.39, 0.29) is 21.9 Å². The molecule has 25 heavy (non-hydrogen) atoms. The summed E-state index contributed by atoms with van der Waals surface area (Å²) in [5, 5.41) is 3.09. The van der Waals surface area contributed by atoms with Gasteiger partial charge in [0.15, 0.2) is 0 Å². The third kappa shape index (κ3) is 3.80. The van der Waals surface area contributed by atoms with Gasteiger partial charge in [0.05, 0.1) is 13.2 Å². The number of nitrogens with two attached hydrogens (primary N) is 1. The molecule has 0 aliphatic carbocycles. The van der Waals surface area contributed by atoms with E-state index < -0.39 is 0 Å². The Morgan fingerprint density at radius 2 is 2.08 bits per heavy atom. The van der Waals surface area contributed by atoms with Crippen LogP contribution in [0.1, 0.15) is 16.7 Å². The van der Waals surface area contributed by atoms with Crippen LogP contribution in [0.15, 0.2) is 23.0 Å². The molecule has 0 saturated carbocycles. The van der Waals surface area contributed by atoms with Gasteiger partial charge in [-0.2, -0.15) is 4.98 Å². The van der Waals surface area contributed by atoms with Gasteiger partial charge in [-0.3, -0.25) is 9.78 Å². The van der Waals surface area contributed by atoms with Crippen LogP contribution < -0.4 is 21.5 Å². The van der Waals surface area contributed by atoms with E-state index in [1.54, 1.807) is 0 Å². The van der Waals surface area contributed by atoms with Gasteiger partial charge in [0.2, 0.25) is 5.95 Å². The number of aromatic amines is 1. The zero-order chi connectivity index (χ0) is 18.0. The first kappa shape index (κ1) is 17.4. The van der Waals surface area contributed by atoms with Gasteiger partial charge in [-0.1, -0.05) is 29.9 Å². The van der Waals surface area contributed by atoms with Gasteiger partial charge < -0.3 is 20.7 Å². The Bertz CT molecular complexity index is 859. The zero-order valence-electron chi connectivity index (χ0n) is 14.3. The quantitative estimate of drug-likeness (QED) is 0.716. The minimum Gasteiger partial charge on any atom is -0.383 e. The standard InChI is InChI=1S/C17H21N5O2S/c1-10-3-4-12(11(2)9-10)19-16(25)13-14(18)20-17(21-15(13)23)22-5-7-24-8-6-22/h3-4,9H,5-8H2,1-2H3,(H,19,25)(H3,18,20,21,23). The van der Waals surface area contributed by atoms with Crippen molar-refractivity contribution in [2.24, 2.45) is 0 Å². The number of morpholine rings is 1. The summed E-state index contributed by atoms with van der Waals surface area (Å²) in [6.45, 7) is 6.51. The van der Waals surface area contributed by atoms with Crippen LogP contribution in [0.3, 0.4) is 0 Å². The Labute approximate surface area is 151 Å². The van der Waals surface area contributed by atoms with Crippen molar-refractivity contribution >= 4 is 34.7 Å². The molecule has 1 saturated heterocycles. The number of aromatic nitrogens is 2. The molecule has 0 atom stereocenters. The molecule has 8 heteroatoms. The van der Waals surface area contributed by atoms with Crippen molar-refractivity contribution in [3.05, 3.63) is 45.2 Å². The molecular formula is C17H21N5O2S. The number of thiocarbonyl (C=S) groups is 1. The molecule has 1 aromatic carbocycles. The molecule has 132 valence electrons. The summed E-state index contributed by atoms with van der Waals surface area (Å²) >= 11 is 5.39. The molecule has 4 N–H and O–H groups in total. The maximum Gasteiger partial charge on any atom is 0.264 e. The predicted molar refractivity (Wildman–Crippen MR) is 104 cm³/mol. The predicted octanol–water partition coefficient (Wildman–Crippen LogP) is 1.59. The molecule has 0 bridgehead atoms. The molecule has 1 aromatic heterocycles. The smallest absolute Gasteiger partial charge is 0.264 e. The Morgan fingerprint density at radius 1 is 1.36 bits per heavy atom. The average molecular weight is 359 g/mol. The first-order valence-corrected chi connectivity index (χ1v) is 8.47. The molecule has 1 aliphatic heterocycles. The Balaban J connectivity index is 1.86. The van der Waals surface area contributed by atoms with E-state index in [1.807, 2.05) is 36.9 Å². The highest BCUT2D eigenvalue weighted by Gasteiger charge is 2.19. The maximum atomic E-state index is 12.5. The van der Waals surface area contributed by atoms with Gasteiger partial charge in [-0.05, 0) is 25.5 Å². The van der Waals surface area contributed by atoms with Crippen molar-refractivity contribution < 1.29 is 4.74 Å². The molecule has 7 nitrogen and oxygen atoms in total. The second-order valence-corrected chi connectivity index (χ2v) is 6.43. The molecule has 0 amide bonds. The summed E-state index contributed by atoms with van der Waals surface area (Å²) in [7, 11) is 0. The van der Waals surface area contributed by atoms with Crippen LogP contribution in [0.2, 0.25) is 0 Å². The van der Waals surface area contributed by atoms with E-state index in [4.69, 9.17) is 22.7 Å². The SMILES string of the molecule is Cc1ccc(NC(=S)c2c(N)nc(N3CCOCC3)[nH]c2=O)c(C)c1. The van der Waals surface area contributed by atoms with Crippen LogP contribution in [0, 0.1) is 13.8 Å². The minimum absolute atomic E-state index is 0.118. The number of nitrogen functional groups attached to an aromatic ring is 1. The van der Waals surface area contributed by atoms with Crippen molar-refractivity contribution in [3.63, 3.8) is 0 Å². The highest BCUT2D eigenvalue weighted by Crippen LogP contribution is 2.18. The number of nitrogens with zero attached hydrogens (tertiary/aromatic N) is 2. The average Bonchev–Trinajstić information content (AvgIpc) is 2.57. The van der Waals surface area contributed by atoms with Crippen LogP contribution in [0.5, 0.6) is 0 Å². The Morgan fingerprint density at radius 3 is 2.72 bits per heavy atom. The molecule has 0 radical (unpaired) electrons. The Hall–Kier alpha value is -2.45. The van der Waals surface area contributed by atoms with Crippen molar-refractivity contribution in [3.8, 4) is 0 Å². The number of rotatable bonds is 3. The number of H-pyrrole nitrogens is 1. The lowest BCUT2D eigenvalue weighted by molar-refractivity contribution is 0.122. The molecule has 0 unspecified atom stereocenters. The minimum atomic E-state index is -0.351. The number of hydrogen-bond acceptors (Lipinski definition) is 6. The van der Waals surface area contributed by atoms with Crippen LogP contribution in [-0.2, 0) is 4.74 Å². The fourth-order valence-electron chi connectivity index (χ4n) is 2.76. The van der Waals surface area contributed by atoms with Crippen molar-refractivity contribution in [2.45, 2.75) is 13.8 Å². The molecule has 3 rings (SSSR count). The molecule has 2 heterocycles. The van der Waals surface area contributed by atoms with Gasteiger partial charge in [0.25, 0.3) is 5.56 Å². The summed E-state index contributed by atoms with van der Waals surface area (Å²) < 4.78 is 5.31. The van der Waals surface area contributed by atoms with Crippen molar-refractivity contribution in [2.75, 3.05) is 42.3 Å². The fourth-order valence-corrected chi connectivity index (χ4v) is 3.07. The largest absolute Gasteiger partial charge is 0.383 e. The van der Waals surface area contributed by atoms with Gasteiger partial charge in [0.1, 0.15) is 16.4 Å². The van der Waals surface area contributed by atoms with Crippen LogP contribution in [-0.4, -0.2) is 41.3 Å². The van der Waals surface area contributed by atoms with E-state index in [9.17, 15) is 4.79 Å². The number of aryl methyl sites for hydroxylation is 2. The number of nitrogens with one attached hydrogen (secondary N) is 2. The first-order chi connectivity index (χ1) is 12.0. The molecular weight excluding hydrogens is 338 g/mol. The van der Waals surface area contributed by atoms with E-state index in [2.05, 4.69) is 15.3 Å². The lowest BCUT2D eigenvalue weighted by Crippen LogP contribution is -2.39. The van der Waals surface area contributed by atoms with E-state index in [0.717, 1.165) is 16.8 Å². The van der Waals surface area contributed by atoms with Crippen LogP contribution >= 0.6 is 12.2 Å². The highest BCUT2D eigenvalue weighted by molar-refractivity contribution is 7.81. The third-order valence-electron chi connectivity index (χ3n) is 4.10. The van der Waals surface area contributed by atoms with Crippen molar-refractivity contribution in [1.82, 2.24) is 9.97 Å². The molecule has 2 aromatic rings. The zero-order valence-corrected chi connectivity index (χ0v) is 15.1. The lowest BCUT2D eigenvalue weighted by Gasteiger charge is -2.27. The van der Waals surface area contributed by atoms with E-state index >= 15 is 0 Å². The molecule has 1 aliphatic rings. The first-order valence-electron chi connectivity index (χ1n) is 8.07. The number of ether oxygens (including phenoxy) is 1. The summed E-state index contributed by atoms with van der Waals surface area (Å²) in [6.07, 6.45) is 0. The monoisotopic (exact) mass is 359 g/mol. The molecule has 0 spiro atoms. The second kappa shape index (κ2) is 7.20. The van der Waals surface area contributed by atoms with E-state index in [0.29, 0.717) is 32.3 Å². The van der Waals surface area contributed by atoms with Gasteiger partial charge >= 0.3 is 0 Å². The normalized spacial score (nSPS) is 14.4. The van der Waals surface area contributed by atoms with Crippen molar-refractivity contribution in [1.29, 1.82) is 0 Å². The third-order valence-corrected chi connectivity index (χ3v) is 4.41. The number of benzene rings is 1. The van der Waals surface area contributed by atoms with Gasteiger partial charge in [0, 0.05) is 18.8 Å². The lowest BCUT2D eigenvalue weighted by atomic mass is 10.1.